The highest BCUT2D eigenvalue weighted by Crippen LogP contribution is 2.06. The summed E-state index contributed by atoms with van der Waals surface area (Å²) < 4.78 is 2.07. The van der Waals surface area contributed by atoms with Crippen LogP contribution in [0.15, 0.2) is 43.0 Å². The predicted molar refractivity (Wildman–Crippen MR) is 69.8 cm³/mol. The standard InChI is InChI=1S/C14H19N3/c1-2-7-15-10-13-3-5-14(6-4-13)11-17-9-8-16-12-17/h3-6,8-9,12,15H,2,7,10-11H2,1H3. The van der Waals surface area contributed by atoms with Crippen LogP contribution < -0.4 is 5.32 Å². The summed E-state index contributed by atoms with van der Waals surface area (Å²) in [4.78, 5) is 4.04. The number of hydrogen-bond donors (Lipinski definition) is 1. The second-order valence-electron chi connectivity index (χ2n) is 4.23. The average molecular weight is 229 g/mol. The van der Waals surface area contributed by atoms with Gasteiger partial charge in [-0.15, -0.1) is 0 Å². The van der Waals surface area contributed by atoms with Crippen molar-refractivity contribution in [2.45, 2.75) is 26.4 Å². The molecule has 3 nitrogen and oxygen atoms in total. The summed E-state index contributed by atoms with van der Waals surface area (Å²) in [6, 6.07) is 8.75. The minimum Gasteiger partial charge on any atom is -0.333 e. The van der Waals surface area contributed by atoms with E-state index in [1.807, 2.05) is 18.7 Å². The monoisotopic (exact) mass is 229 g/mol. The van der Waals surface area contributed by atoms with E-state index in [0.29, 0.717) is 0 Å². The fourth-order valence-electron chi connectivity index (χ4n) is 1.76. The van der Waals surface area contributed by atoms with Crippen LogP contribution in [0.25, 0.3) is 0 Å². The van der Waals surface area contributed by atoms with Gasteiger partial charge in [-0.25, -0.2) is 4.98 Å². The third-order valence-corrected chi connectivity index (χ3v) is 2.70. The number of imidazole rings is 1. The van der Waals surface area contributed by atoms with E-state index in [1.165, 1.54) is 17.5 Å². The van der Waals surface area contributed by atoms with Crippen LogP contribution in [0.5, 0.6) is 0 Å². The number of nitrogens with one attached hydrogen (secondary N) is 1. The summed E-state index contributed by atoms with van der Waals surface area (Å²) in [5.41, 5.74) is 2.65. The van der Waals surface area contributed by atoms with Crippen LogP contribution in [-0.4, -0.2) is 16.1 Å². The first-order valence-corrected chi connectivity index (χ1v) is 6.13. The molecule has 17 heavy (non-hydrogen) atoms. The Kier molecular flexibility index (Phi) is 4.33. The zero-order valence-electron chi connectivity index (χ0n) is 10.3. The summed E-state index contributed by atoms with van der Waals surface area (Å²) >= 11 is 0. The molecule has 0 aliphatic rings. The van der Waals surface area contributed by atoms with Gasteiger partial charge in [0.1, 0.15) is 0 Å². The van der Waals surface area contributed by atoms with E-state index in [-0.39, 0.29) is 0 Å². The van der Waals surface area contributed by atoms with Crippen molar-refractivity contribution in [1.82, 2.24) is 14.9 Å². The molecule has 0 amide bonds. The molecule has 1 N–H and O–H groups in total. The van der Waals surface area contributed by atoms with E-state index in [1.54, 1.807) is 0 Å². The Morgan fingerprint density at radius 1 is 1.18 bits per heavy atom. The fraction of sp³-hybridized carbons (Fsp3) is 0.357. The zero-order valence-corrected chi connectivity index (χ0v) is 10.3. The Balaban J connectivity index is 1.89. The average Bonchev–Trinajstić information content (AvgIpc) is 2.85. The predicted octanol–water partition coefficient (Wildman–Crippen LogP) is 2.43. The summed E-state index contributed by atoms with van der Waals surface area (Å²) in [6.07, 6.45) is 6.81. The lowest BCUT2D eigenvalue weighted by molar-refractivity contribution is 0.675. The number of hydrogen-bond acceptors (Lipinski definition) is 2. The van der Waals surface area contributed by atoms with Crippen molar-refractivity contribution in [3.63, 3.8) is 0 Å². The molecule has 1 heterocycles. The molecule has 0 atom stereocenters. The van der Waals surface area contributed by atoms with Crippen molar-refractivity contribution in [2.75, 3.05) is 6.54 Å². The van der Waals surface area contributed by atoms with Gasteiger partial charge in [-0.05, 0) is 24.1 Å². The van der Waals surface area contributed by atoms with Crippen LogP contribution in [0.3, 0.4) is 0 Å². The minimum atomic E-state index is 0.892. The maximum absolute atomic E-state index is 4.04. The van der Waals surface area contributed by atoms with E-state index in [4.69, 9.17) is 0 Å². The van der Waals surface area contributed by atoms with E-state index in [9.17, 15) is 0 Å². The fourth-order valence-corrected chi connectivity index (χ4v) is 1.76. The zero-order chi connectivity index (χ0) is 11.9. The molecule has 0 saturated carbocycles. The largest absolute Gasteiger partial charge is 0.333 e. The molecule has 2 aromatic rings. The topological polar surface area (TPSA) is 29.9 Å². The van der Waals surface area contributed by atoms with Crippen LogP contribution in [0.1, 0.15) is 24.5 Å². The highest BCUT2D eigenvalue weighted by atomic mass is 15.0. The Morgan fingerprint density at radius 3 is 2.59 bits per heavy atom. The van der Waals surface area contributed by atoms with Crippen LogP contribution in [-0.2, 0) is 13.1 Å². The van der Waals surface area contributed by atoms with Gasteiger partial charge in [0.15, 0.2) is 0 Å². The first-order valence-electron chi connectivity index (χ1n) is 6.13. The lowest BCUT2D eigenvalue weighted by atomic mass is 10.1. The maximum atomic E-state index is 4.04. The third kappa shape index (κ3) is 3.71. The lowest BCUT2D eigenvalue weighted by Crippen LogP contribution is -2.13. The first-order chi connectivity index (χ1) is 8.38. The molecular weight excluding hydrogens is 210 g/mol. The van der Waals surface area contributed by atoms with E-state index in [0.717, 1.165) is 19.6 Å². The van der Waals surface area contributed by atoms with Gasteiger partial charge in [0, 0.05) is 25.5 Å². The summed E-state index contributed by atoms with van der Waals surface area (Å²) in [6.45, 7) is 5.11. The Labute approximate surface area is 103 Å². The molecule has 0 spiro atoms. The van der Waals surface area contributed by atoms with Gasteiger partial charge in [0.05, 0.1) is 6.33 Å². The SMILES string of the molecule is CCCNCc1ccc(Cn2ccnc2)cc1. The second kappa shape index (κ2) is 6.21. The van der Waals surface area contributed by atoms with Gasteiger partial charge >= 0.3 is 0 Å². The van der Waals surface area contributed by atoms with Crippen molar-refractivity contribution in [2.24, 2.45) is 0 Å². The molecule has 0 aliphatic heterocycles. The molecule has 90 valence electrons. The van der Waals surface area contributed by atoms with Crippen molar-refractivity contribution in [3.05, 3.63) is 54.1 Å². The van der Waals surface area contributed by atoms with Crippen LogP contribution in [0, 0.1) is 0 Å². The summed E-state index contributed by atoms with van der Waals surface area (Å²) in [7, 11) is 0. The Bertz CT molecular complexity index is 417. The molecule has 0 aliphatic carbocycles. The van der Waals surface area contributed by atoms with Gasteiger partial charge in [-0.1, -0.05) is 31.2 Å². The smallest absolute Gasteiger partial charge is 0.0949 e. The number of benzene rings is 1. The van der Waals surface area contributed by atoms with E-state index >= 15 is 0 Å². The van der Waals surface area contributed by atoms with Crippen LogP contribution in [0.4, 0.5) is 0 Å². The molecule has 0 fully saturated rings. The number of nitrogens with zero attached hydrogens (tertiary/aromatic N) is 2. The molecule has 0 saturated heterocycles. The highest BCUT2D eigenvalue weighted by Gasteiger charge is 1.96. The van der Waals surface area contributed by atoms with Gasteiger partial charge in [0.25, 0.3) is 0 Å². The minimum absolute atomic E-state index is 0.892. The molecule has 1 aromatic heterocycles. The van der Waals surface area contributed by atoms with Gasteiger partial charge in [-0.2, -0.15) is 0 Å². The summed E-state index contributed by atoms with van der Waals surface area (Å²) in [5.74, 6) is 0. The van der Waals surface area contributed by atoms with Crippen molar-refractivity contribution in [1.29, 1.82) is 0 Å². The van der Waals surface area contributed by atoms with Gasteiger partial charge < -0.3 is 9.88 Å². The lowest BCUT2D eigenvalue weighted by Gasteiger charge is -2.06. The quantitative estimate of drug-likeness (QED) is 0.771. The molecule has 0 unspecified atom stereocenters. The number of aromatic nitrogens is 2. The normalized spacial score (nSPS) is 10.6. The van der Waals surface area contributed by atoms with Crippen LogP contribution in [0.2, 0.25) is 0 Å². The highest BCUT2D eigenvalue weighted by molar-refractivity contribution is 5.22. The molecule has 1 aromatic carbocycles. The molecule has 0 radical (unpaired) electrons. The Hall–Kier alpha value is -1.61. The van der Waals surface area contributed by atoms with Gasteiger partial charge in [-0.3, -0.25) is 0 Å². The second-order valence-corrected chi connectivity index (χ2v) is 4.23. The molecule has 2 rings (SSSR count). The molecule has 3 heteroatoms. The number of rotatable bonds is 6. The van der Waals surface area contributed by atoms with Crippen LogP contribution >= 0.6 is 0 Å². The van der Waals surface area contributed by atoms with Gasteiger partial charge in [0.2, 0.25) is 0 Å². The van der Waals surface area contributed by atoms with Crippen molar-refractivity contribution >= 4 is 0 Å². The first kappa shape index (κ1) is 11.9. The van der Waals surface area contributed by atoms with Crippen molar-refractivity contribution in [3.8, 4) is 0 Å². The summed E-state index contributed by atoms with van der Waals surface area (Å²) in [5, 5.41) is 3.40. The third-order valence-electron chi connectivity index (χ3n) is 2.70. The molecule has 0 bridgehead atoms. The Morgan fingerprint density at radius 2 is 1.94 bits per heavy atom. The molecular formula is C14H19N3. The maximum Gasteiger partial charge on any atom is 0.0949 e. The van der Waals surface area contributed by atoms with E-state index < -0.39 is 0 Å². The van der Waals surface area contributed by atoms with E-state index in [2.05, 4.69) is 46.1 Å². The van der Waals surface area contributed by atoms with Crippen molar-refractivity contribution < 1.29 is 0 Å².